The van der Waals surface area contributed by atoms with Gasteiger partial charge in [0.15, 0.2) is 0 Å². The number of rotatable bonds is 10. The molecule has 0 aromatic heterocycles. The Balaban J connectivity index is 2.47. The average molecular weight is 287 g/mol. The van der Waals surface area contributed by atoms with Crippen LogP contribution in [0, 0.1) is 11.8 Å². The summed E-state index contributed by atoms with van der Waals surface area (Å²) in [6.45, 7) is 11.6. The molecule has 1 heteroatoms. The molecule has 0 bridgehead atoms. The minimum Gasteiger partial charge on any atom is -0.377 e. The van der Waals surface area contributed by atoms with E-state index in [1.54, 1.807) is 0 Å². The van der Waals surface area contributed by atoms with E-state index in [1.165, 1.54) is 44.3 Å². The van der Waals surface area contributed by atoms with Gasteiger partial charge in [-0.1, -0.05) is 58.0 Å². The highest BCUT2D eigenvalue weighted by atomic mass is 15.1. The SMILES string of the molecule is CC(C)CCCN(C=Cc1ccccc1)CCCC(C)C. The summed E-state index contributed by atoms with van der Waals surface area (Å²) >= 11 is 0. The topological polar surface area (TPSA) is 3.24 Å². The lowest BCUT2D eigenvalue weighted by Gasteiger charge is -2.21. The molecule has 0 amide bonds. The smallest absolute Gasteiger partial charge is 0.0172 e. The van der Waals surface area contributed by atoms with Gasteiger partial charge in [0, 0.05) is 13.1 Å². The lowest BCUT2D eigenvalue weighted by Crippen LogP contribution is -2.20. The number of benzene rings is 1. The van der Waals surface area contributed by atoms with E-state index in [4.69, 9.17) is 0 Å². The molecule has 0 saturated heterocycles. The van der Waals surface area contributed by atoms with E-state index >= 15 is 0 Å². The summed E-state index contributed by atoms with van der Waals surface area (Å²) in [6.07, 6.45) is 9.75. The molecule has 1 aromatic rings. The first-order chi connectivity index (χ1) is 10.1. The Hall–Kier alpha value is -1.24. The molecule has 0 aliphatic rings. The molecule has 1 nitrogen and oxygen atoms in total. The van der Waals surface area contributed by atoms with Crippen molar-refractivity contribution in [3.63, 3.8) is 0 Å². The molecule has 0 N–H and O–H groups in total. The first-order valence-corrected chi connectivity index (χ1v) is 8.55. The molecular weight excluding hydrogens is 254 g/mol. The van der Waals surface area contributed by atoms with Gasteiger partial charge in [0.2, 0.25) is 0 Å². The van der Waals surface area contributed by atoms with E-state index in [1.807, 2.05) is 0 Å². The summed E-state index contributed by atoms with van der Waals surface area (Å²) in [6, 6.07) is 10.6. The van der Waals surface area contributed by atoms with Crippen LogP contribution in [0.5, 0.6) is 0 Å². The van der Waals surface area contributed by atoms with Gasteiger partial charge in [0.05, 0.1) is 0 Å². The molecular formula is C20H33N. The standard InChI is InChI=1S/C20H33N/c1-18(2)10-8-15-21(16-9-11-19(3)4)17-14-20-12-6-5-7-13-20/h5-7,12-14,17-19H,8-11,15-16H2,1-4H3. The monoisotopic (exact) mass is 287 g/mol. The zero-order chi connectivity index (χ0) is 15.5. The molecule has 0 aliphatic carbocycles. The third-order valence-corrected chi connectivity index (χ3v) is 3.73. The van der Waals surface area contributed by atoms with E-state index in [0.29, 0.717) is 0 Å². The van der Waals surface area contributed by atoms with E-state index in [-0.39, 0.29) is 0 Å². The van der Waals surface area contributed by atoms with Crippen LogP contribution in [0.25, 0.3) is 6.08 Å². The summed E-state index contributed by atoms with van der Waals surface area (Å²) in [5.74, 6) is 1.61. The lowest BCUT2D eigenvalue weighted by atomic mass is 10.1. The third kappa shape index (κ3) is 9.33. The Morgan fingerprint density at radius 1 is 0.857 bits per heavy atom. The molecule has 0 heterocycles. The van der Waals surface area contributed by atoms with Gasteiger partial charge in [-0.25, -0.2) is 0 Å². The van der Waals surface area contributed by atoms with Crippen molar-refractivity contribution >= 4 is 6.08 Å². The van der Waals surface area contributed by atoms with Crippen molar-refractivity contribution in [3.05, 3.63) is 42.1 Å². The summed E-state index contributed by atoms with van der Waals surface area (Å²) in [5, 5.41) is 0. The van der Waals surface area contributed by atoms with Gasteiger partial charge in [0.1, 0.15) is 0 Å². The maximum absolute atomic E-state index is 2.50. The predicted molar refractivity (Wildman–Crippen MR) is 95.2 cm³/mol. The molecule has 0 aliphatic heterocycles. The van der Waals surface area contributed by atoms with Crippen molar-refractivity contribution in [3.8, 4) is 0 Å². The lowest BCUT2D eigenvalue weighted by molar-refractivity contribution is 0.338. The number of hydrogen-bond donors (Lipinski definition) is 0. The largest absolute Gasteiger partial charge is 0.377 e. The highest BCUT2D eigenvalue weighted by Gasteiger charge is 2.02. The average Bonchev–Trinajstić information content (AvgIpc) is 2.44. The van der Waals surface area contributed by atoms with Gasteiger partial charge in [-0.05, 0) is 55.4 Å². The molecule has 118 valence electrons. The van der Waals surface area contributed by atoms with Gasteiger partial charge < -0.3 is 4.90 Å². The van der Waals surface area contributed by atoms with Crippen molar-refractivity contribution in [2.75, 3.05) is 13.1 Å². The van der Waals surface area contributed by atoms with Crippen LogP contribution in [0.15, 0.2) is 36.5 Å². The Morgan fingerprint density at radius 2 is 1.38 bits per heavy atom. The van der Waals surface area contributed by atoms with Gasteiger partial charge in [0.25, 0.3) is 0 Å². The Bertz CT molecular complexity index is 364. The van der Waals surface area contributed by atoms with Crippen molar-refractivity contribution in [1.82, 2.24) is 4.90 Å². The quantitative estimate of drug-likeness (QED) is 0.523. The number of hydrogen-bond acceptors (Lipinski definition) is 1. The maximum atomic E-state index is 2.50. The fourth-order valence-electron chi connectivity index (χ4n) is 2.42. The van der Waals surface area contributed by atoms with E-state index in [9.17, 15) is 0 Å². The van der Waals surface area contributed by atoms with Crippen LogP contribution in [0.1, 0.15) is 58.9 Å². The van der Waals surface area contributed by atoms with E-state index < -0.39 is 0 Å². The second-order valence-electron chi connectivity index (χ2n) is 6.83. The van der Waals surface area contributed by atoms with Crippen molar-refractivity contribution in [1.29, 1.82) is 0 Å². The number of nitrogens with zero attached hydrogens (tertiary/aromatic N) is 1. The molecule has 1 rings (SSSR count). The highest BCUT2D eigenvalue weighted by molar-refractivity contribution is 5.48. The fourth-order valence-corrected chi connectivity index (χ4v) is 2.42. The molecule has 0 atom stereocenters. The van der Waals surface area contributed by atoms with Gasteiger partial charge >= 0.3 is 0 Å². The first-order valence-electron chi connectivity index (χ1n) is 8.55. The second kappa shape index (κ2) is 10.5. The first kappa shape index (κ1) is 17.8. The normalized spacial score (nSPS) is 11.7. The van der Waals surface area contributed by atoms with Gasteiger partial charge in [-0.3, -0.25) is 0 Å². The van der Waals surface area contributed by atoms with E-state index in [0.717, 1.165) is 11.8 Å². The molecule has 0 saturated carbocycles. The van der Waals surface area contributed by atoms with Crippen LogP contribution in [0.3, 0.4) is 0 Å². The zero-order valence-electron chi connectivity index (χ0n) is 14.4. The Morgan fingerprint density at radius 3 is 1.86 bits per heavy atom. The van der Waals surface area contributed by atoms with Crippen molar-refractivity contribution in [2.24, 2.45) is 11.8 Å². The summed E-state index contributed by atoms with van der Waals surface area (Å²) < 4.78 is 0. The van der Waals surface area contributed by atoms with Crippen molar-refractivity contribution in [2.45, 2.75) is 53.4 Å². The molecule has 0 spiro atoms. The summed E-state index contributed by atoms with van der Waals surface area (Å²) in [7, 11) is 0. The third-order valence-electron chi connectivity index (χ3n) is 3.73. The minimum atomic E-state index is 0.806. The van der Waals surface area contributed by atoms with Crippen LogP contribution in [0.4, 0.5) is 0 Å². The molecule has 0 radical (unpaired) electrons. The van der Waals surface area contributed by atoms with Gasteiger partial charge in [-0.2, -0.15) is 0 Å². The Kier molecular flexibility index (Phi) is 8.89. The predicted octanol–water partition coefficient (Wildman–Crippen LogP) is 5.83. The van der Waals surface area contributed by atoms with Crippen LogP contribution < -0.4 is 0 Å². The van der Waals surface area contributed by atoms with E-state index in [2.05, 4.69) is 75.2 Å². The summed E-state index contributed by atoms with van der Waals surface area (Å²) in [4.78, 5) is 2.50. The zero-order valence-corrected chi connectivity index (χ0v) is 14.4. The second-order valence-corrected chi connectivity index (χ2v) is 6.83. The van der Waals surface area contributed by atoms with Crippen LogP contribution in [0.2, 0.25) is 0 Å². The Labute approximate surface area is 132 Å². The fraction of sp³-hybridized carbons (Fsp3) is 0.600. The maximum Gasteiger partial charge on any atom is 0.0172 e. The highest BCUT2D eigenvalue weighted by Crippen LogP contribution is 2.10. The molecule has 1 aromatic carbocycles. The van der Waals surface area contributed by atoms with Crippen LogP contribution in [-0.2, 0) is 0 Å². The molecule has 0 unspecified atom stereocenters. The molecule has 0 fully saturated rings. The molecule has 21 heavy (non-hydrogen) atoms. The van der Waals surface area contributed by atoms with Crippen molar-refractivity contribution < 1.29 is 0 Å². The minimum absolute atomic E-state index is 0.806. The summed E-state index contributed by atoms with van der Waals surface area (Å²) in [5.41, 5.74) is 1.29. The van der Waals surface area contributed by atoms with Gasteiger partial charge in [-0.15, -0.1) is 0 Å². The van der Waals surface area contributed by atoms with Crippen LogP contribution in [-0.4, -0.2) is 18.0 Å². The van der Waals surface area contributed by atoms with Crippen LogP contribution >= 0.6 is 0 Å².